The highest BCUT2D eigenvalue weighted by atomic mass is 15.1. The molecule has 0 amide bonds. The van der Waals surface area contributed by atoms with Gasteiger partial charge in [-0.25, -0.2) is 9.98 Å². The van der Waals surface area contributed by atoms with Crippen LogP contribution in [0.2, 0.25) is 0 Å². The van der Waals surface area contributed by atoms with E-state index in [-0.39, 0.29) is 0 Å². The van der Waals surface area contributed by atoms with Crippen LogP contribution in [0.5, 0.6) is 0 Å². The minimum atomic E-state index is 0.737. The van der Waals surface area contributed by atoms with E-state index in [9.17, 15) is 0 Å². The molecule has 1 fully saturated rings. The molecule has 1 saturated heterocycles. The molecule has 0 bridgehead atoms. The lowest BCUT2D eigenvalue weighted by Gasteiger charge is -2.26. The van der Waals surface area contributed by atoms with Crippen LogP contribution in [0.25, 0.3) is 22.3 Å². The second-order valence-corrected chi connectivity index (χ2v) is 9.37. The number of para-hydroxylation sites is 2. The van der Waals surface area contributed by atoms with Gasteiger partial charge in [-0.15, -0.1) is 0 Å². The van der Waals surface area contributed by atoms with Gasteiger partial charge in [0.15, 0.2) is 0 Å². The van der Waals surface area contributed by atoms with Crippen molar-refractivity contribution in [2.75, 3.05) is 19.6 Å². The molecular formula is C28H26N4. The van der Waals surface area contributed by atoms with Gasteiger partial charge in [-0.3, -0.25) is 4.99 Å². The Hall–Kier alpha value is -3.11. The van der Waals surface area contributed by atoms with Crippen LogP contribution in [0.4, 0.5) is 11.4 Å². The van der Waals surface area contributed by atoms with Gasteiger partial charge in [0.25, 0.3) is 0 Å². The number of aliphatic imine (C=N–C) groups is 1. The quantitative estimate of drug-likeness (QED) is 0.409. The van der Waals surface area contributed by atoms with Gasteiger partial charge < -0.3 is 4.90 Å². The molecule has 0 saturated carbocycles. The molecule has 4 heteroatoms. The fraction of sp³-hybridized carbons (Fsp3) is 0.321. The molecule has 0 aromatic heterocycles. The Labute approximate surface area is 188 Å². The lowest BCUT2D eigenvalue weighted by atomic mass is 9.90. The highest BCUT2D eigenvalue weighted by molar-refractivity contribution is 6.01. The van der Waals surface area contributed by atoms with E-state index in [0.29, 0.717) is 0 Å². The third kappa shape index (κ3) is 2.69. The van der Waals surface area contributed by atoms with E-state index in [0.717, 1.165) is 35.1 Å². The fourth-order valence-electron chi connectivity index (χ4n) is 5.93. The molecule has 4 heterocycles. The van der Waals surface area contributed by atoms with Crippen molar-refractivity contribution in [3.63, 3.8) is 0 Å². The second-order valence-electron chi connectivity index (χ2n) is 9.37. The number of hydrogen-bond acceptors (Lipinski definition) is 4. The maximum Gasteiger partial charge on any atom is 0.0986 e. The number of nitrogens with zero attached hydrogens (tertiary/aromatic N) is 4. The smallest absolute Gasteiger partial charge is 0.0986 e. The molecule has 158 valence electrons. The summed E-state index contributed by atoms with van der Waals surface area (Å²) in [6, 6.07) is 15.2. The summed E-state index contributed by atoms with van der Waals surface area (Å²) in [5, 5.41) is 2.09. The number of hydrogen-bond donors (Lipinski definition) is 0. The number of piperidine rings is 1. The minimum Gasteiger partial charge on any atom is -0.303 e. The van der Waals surface area contributed by atoms with E-state index in [4.69, 9.17) is 9.98 Å². The molecule has 0 aliphatic carbocycles. The van der Waals surface area contributed by atoms with E-state index >= 15 is 0 Å². The summed E-state index contributed by atoms with van der Waals surface area (Å²) < 4.78 is 0. The fourth-order valence-corrected chi connectivity index (χ4v) is 5.93. The molecule has 7 rings (SSSR count). The Balaban J connectivity index is 1.32. The average Bonchev–Trinajstić information content (AvgIpc) is 3.54. The van der Waals surface area contributed by atoms with Crippen molar-refractivity contribution < 1.29 is 0 Å². The second kappa shape index (κ2) is 7.21. The largest absolute Gasteiger partial charge is 0.303 e. The zero-order valence-corrected chi connectivity index (χ0v) is 18.3. The monoisotopic (exact) mass is 418 g/mol. The van der Waals surface area contributed by atoms with E-state index in [1.807, 2.05) is 6.21 Å². The van der Waals surface area contributed by atoms with Crippen molar-refractivity contribution in [2.45, 2.75) is 38.6 Å². The van der Waals surface area contributed by atoms with Gasteiger partial charge in [-0.2, -0.15) is 0 Å². The van der Waals surface area contributed by atoms with Gasteiger partial charge in [-0.1, -0.05) is 42.8 Å². The minimum absolute atomic E-state index is 0.737. The van der Waals surface area contributed by atoms with Crippen molar-refractivity contribution >= 4 is 17.6 Å². The van der Waals surface area contributed by atoms with Crippen molar-refractivity contribution in [3.8, 4) is 22.3 Å². The maximum absolute atomic E-state index is 5.25. The standard InChI is InChI=1S/C28H26N4/c1-4-13-32(14-5-1)15-7-9-18-8-6-11-20-25-22-17-29-16-21(22)24-19-10-2-3-12-23(19)30-27(24)28(25)31-26(18)20/h2-3,6,8,10-12,16H,1,4-5,7,9,13-15,17H2. The van der Waals surface area contributed by atoms with Gasteiger partial charge in [0, 0.05) is 34.0 Å². The van der Waals surface area contributed by atoms with Crippen molar-refractivity contribution in [2.24, 2.45) is 15.0 Å². The zero-order chi connectivity index (χ0) is 21.1. The third-order valence-corrected chi connectivity index (χ3v) is 7.45. The number of likely N-dealkylation sites (tertiary alicyclic amines) is 1. The molecule has 0 N–H and O–H groups in total. The molecule has 3 aromatic rings. The van der Waals surface area contributed by atoms with E-state index in [1.54, 1.807) is 0 Å². The van der Waals surface area contributed by atoms with Gasteiger partial charge in [0.2, 0.25) is 0 Å². The number of fused-ring (bicyclic) bond motifs is 10. The van der Waals surface area contributed by atoms with Crippen molar-refractivity contribution in [1.82, 2.24) is 4.90 Å². The number of aryl methyl sites for hydroxylation is 1. The predicted octanol–water partition coefficient (Wildman–Crippen LogP) is 4.90. The summed E-state index contributed by atoms with van der Waals surface area (Å²) in [5.74, 6) is 0. The first-order chi connectivity index (χ1) is 15.9. The summed E-state index contributed by atoms with van der Waals surface area (Å²) in [4.78, 5) is 17.6. The molecule has 0 radical (unpaired) electrons. The van der Waals surface area contributed by atoms with Crippen LogP contribution in [0.15, 0.2) is 57.4 Å². The Morgan fingerprint density at radius 1 is 0.812 bits per heavy atom. The first-order valence-corrected chi connectivity index (χ1v) is 12.0. The number of rotatable bonds is 4. The molecule has 4 aliphatic rings. The van der Waals surface area contributed by atoms with Crippen LogP contribution >= 0.6 is 0 Å². The topological polar surface area (TPSA) is 40.3 Å². The normalized spacial score (nSPS) is 17.2. The van der Waals surface area contributed by atoms with Gasteiger partial charge >= 0.3 is 0 Å². The van der Waals surface area contributed by atoms with Gasteiger partial charge in [0.05, 0.1) is 28.6 Å². The van der Waals surface area contributed by atoms with Gasteiger partial charge in [-0.05, 0) is 62.5 Å². The third-order valence-electron chi connectivity index (χ3n) is 7.45. The van der Waals surface area contributed by atoms with Crippen LogP contribution in [-0.4, -0.2) is 30.7 Å². The van der Waals surface area contributed by atoms with E-state index in [2.05, 4.69) is 52.4 Å². The Kier molecular flexibility index (Phi) is 4.16. The molecule has 4 aliphatic heterocycles. The summed E-state index contributed by atoms with van der Waals surface area (Å²) >= 11 is 0. The first-order valence-electron chi connectivity index (χ1n) is 12.0. The van der Waals surface area contributed by atoms with Crippen LogP contribution < -0.4 is 10.7 Å². The number of benzene rings is 3. The summed E-state index contributed by atoms with van der Waals surface area (Å²) in [5.41, 5.74) is 11.1. The zero-order valence-electron chi connectivity index (χ0n) is 18.3. The average molecular weight is 419 g/mol. The maximum atomic E-state index is 5.25. The van der Waals surface area contributed by atoms with E-state index < -0.39 is 0 Å². The Bertz CT molecular complexity index is 1410. The molecule has 4 nitrogen and oxygen atoms in total. The summed E-state index contributed by atoms with van der Waals surface area (Å²) in [6.07, 6.45) is 8.43. The van der Waals surface area contributed by atoms with E-state index in [1.165, 1.54) is 84.3 Å². The lowest BCUT2D eigenvalue weighted by Crippen LogP contribution is -2.30. The summed E-state index contributed by atoms with van der Waals surface area (Å²) in [7, 11) is 0. The Morgan fingerprint density at radius 2 is 1.66 bits per heavy atom. The molecule has 32 heavy (non-hydrogen) atoms. The predicted molar refractivity (Wildman–Crippen MR) is 129 cm³/mol. The van der Waals surface area contributed by atoms with Crippen LogP contribution in [0.1, 0.15) is 42.4 Å². The molecule has 0 spiro atoms. The van der Waals surface area contributed by atoms with Crippen LogP contribution in [-0.2, 0) is 13.0 Å². The first kappa shape index (κ1) is 18.5. The van der Waals surface area contributed by atoms with Crippen LogP contribution in [0.3, 0.4) is 0 Å². The lowest BCUT2D eigenvalue weighted by molar-refractivity contribution is 0.226. The van der Waals surface area contributed by atoms with Crippen LogP contribution in [0, 0.1) is 0 Å². The molecule has 0 unspecified atom stereocenters. The SMILES string of the molecule is C1=NCc2c1c1c(c3c2-c2cccc(CCCN4CCCCC4)c2N=3)=Nc2ccccc2-1. The molecule has 3 aromatic carbocycles. The molecule has 0 atom stereocenters. The summed E-state index contributed by atoms with van der Waals surface area (Å²) in [6.45, 7) is 4.47. The Morgan fingerprint density at radius 3 is 2.59 bits per heavy atom. The molecular weight excluding hydrogens is 392 g/mol. The van der Waals surface area contributed by atoms with Crippen molar-refractivity contribution in [1.29, 1.82) is 0 Å². The highest BCUT2D eigenvalue weighted by Gasteiger charge is 2.30. The highest BCUT2D eigenvalue weighted by Crippen LogP contribution is 2.43. The van der Waals surface area contributed by atoms with Gasteiger partial charge in [0.1, 0.15) is 0 Å². The van der Waals surface area contributed by atoms with Crippen molar-refractivity contribution in [3.05, 3.63) is 69.9 Å².